The average molecular weight is 362 g/mol. The average Bonchev–Trinajstić information content (AvgIpc) is 2.71. The van der Waals surface area contributed by atoms with E-state index in [4.69, 9.17) is 0 Å². The van der Waals surface area contributed by atoms with Gasteiger partial charge in [0.25, 0.3) is 11.8 Å². The first kappa shape index (κ1) is 18.3. The van der Waals surface area contributed by atoms with Crippen LogP contribution in [-0.4, -0.2) is 18.4 Å². The van der Waals surface area contributed by atoms with Gasteiger partial charge in [-0.25, -0.2) is 4.39 Å². The second-order valence-corrected chi connectivity index (χ2v) is 5.90. The molecule has 3 aromatic rings. The Kier molecular flexibility index (Phi) is 5.61. The molecular weight excluding hydrogens is 343 g/mol. The van der Waals surface area contributed by atoms with Gasteiger partial charge >= 0.3 is 0 Å². The third-order valence-corrected chi connectivity index (χ3v) is 4.15. The molecule has 3 rings (SSSR count). The van der Waals surface area contributed by atoms with E-state index in [1.807, 2.05) is 37.3 Å². The Hall–Kier alpha value is -3.47. The van der Waals surface area contributed by atoms with E-state index in [0.717, 1.165) is 5.69 Å². The van der Waals surface area contributed by atoms with Gasteiger partial charge in [0, 0.05) is 23.4 Å². The second kappa shape index (κ2) is 8.27. The summed E-state index contributed by atoms with van der Waals surface area (Å²) in [5.74, 6) is -1.08. The molecule has 0 aliphatic rings. The van der Waals surface area contributed by atoms with E-state index in [-0.39, 0.29) is 11.6 Å². The normalized spacial score (nSPS) is 10.3. The van der Waals surface area contributed by atoms with Gasteiger partial charge in [-0.2, -0.15) is 0 Å². The molecule has 0 aliphatic carbocycles. The van der Waals surface area contributed by atoms with Crippen molar-refractivity contribution in [3.63, 3.8) is 0 Å². The molecule has 0 saturated heterocycles. The predicted molar refractivity (Wildman–Crippen MR) is 105 cm³/mol. The van der Waals surface area contributed by atoms with Gasteiger partial charge in [-0.15, -0.1) is 0 Å². The molecule has 0 spiro atoms. The van der Waals surface area contributed by atoms with E-state index < -0.39 is 11.7 Å². The maximum absolute atomic E-state index is 13.7. The Morgan fingerprint density at radius 2 is 1.44 bits per heavy atom. The predicted octanol–water partition coefficient (Wildman–Crippen LogP) is 4.74. The number of amides is 2. The number of carbonyl (C=O) groups excluding carboxylic acids is 2. The summed E-state index contributed by atoms with van der Waals surface area (Å²) in [5, 5.41) is 2.53. The minimum absolute atomic E-state index is 0.115. The highest BCUT2D eigenvalue weighted by Gasteiger charge is 2.16. The topological polar surface area (TPSA) is 49.4 Å². The monoisotopic (exact) mass is 362 g/mol. The fraction of sp³-hybridized carbons (Fsp3) is 0.0909. The molecule has 3 aromatic carbocycles. The molecule has 0 atom stereocenters. The van der Waals surface area contributed by atoms with Crippen molar-refractivity contribution in [2.45, 2.75) is 6.92 Å². The van der Waals surface area contributed by atoms with Crippen LogP contribution >= 0.6 is 0 Å². The smallest absolute Gasteiger partial charge is 0.258 e. The zero-order valence-electron chi connectivity index (χ0n) is 14.9. The highest BCUT2D eigenvalue weighted by atomic mass is 19.1. The lowest BCUT2D eigenvalue weighted by Gasteiger charge is -2.21. The number of hydrogen-bond acceptors (Lipinski definition) is 2. The molecule has 0 bridgehead atoms. The van der Waals surface area contributed by atoms with Gasteiger partial charge < -0.3 is 10.2 Å². The fourth-order valence-corrected chi connectivity index (χ4v) is 2.73. The largest absolute Gasteiger partial charge is 0.319 e. The number of hydrogen-bond donors (Lipinski definition) is 1. The SMILES string of the molecule is CCN(C(=O)c1ccc(C(=O)Nc2ccccc2F)cc1)c1ccccc1. The summed E-state index contributed by atoms with van der Waals surface area (Å²) in [5.41, 5.74) is 1.75. The summed E-state index contributed by atoms with van der Waals surface area (Å²) in [6.45, 7) is 2.43. The summed E-state index contributed by atoms with van der Waals surface area (Å²) in [7, 11) is 0. The first-order valence-corrected chi connectivity index (χ1v) is 8.63. The summed E-state index contributed by atoms with van der Waals surface area (Å²) in [4.78, 5) is 26.7. The molecule has 136 valence electrons. The lowest BCUT2D eigenvalue weighted by molar-refractivity contribution is 0.0985. The zero-order valence-corrected chi connectivity index (χ0v) is 14.9. The van der Waals surface area contributed by atoms with Gasteiger partial charge in [-0.05, 0) is 55.5 Å². The van der Waals surface area contributed by atoms with Crippen LogP contribution < -0.4 is 10.2 Å². The minimum Gasteiger partial charge on any atom is -0.319 e. The van der Waals surface area contributed by atoms with Gasteiger partial charge in [-0.3, -0.25) is 9.59 Å². The molecule has 0 saturated carbocycles. The third-order valence-electron chi connectivity index (χ3n) is 4.15. The van der Waals surface area contributed by atoms with Crippen molar-refractivity contribution >= 4 is 23.2 Å². The van der Waals surface area contributed by atoms with Gasteiger partial charge in [0.2, 0.25) is 0 Å². The molecule has 0 radical (unpaired) electrons. The summed E-state index contributed by atoms with van der Waals surface area (Å²) < 4.78 is 13.7. The first-order valence-electron chi connectivity index (χ1n) is 8.63. The number of nitrogens with one attached hydrogen (secondary N) is 1. The van der Waals surface area contributed by atoms with E-state index >= 15 is 0 Å². The summed E-state index contributed by atoms with van der Waals surface area (Å²) >= 11 is 0. The van der Waals surface area contributed by atoms with Crippen LogP contribution in [0.1, 0.15) is 27.6 Å². The van der Waals surface area contributed by atoms with E-state index in [2.05, 4.69) is 5.32 Å². The van der Waals surface area contributed by atoms with E-state index in [1.165, 1.54) is 12.1 Å². The van der Waals surface area contributed by atoms with Crippen LogP contribution in [0.25, 0.3) is 0 Å². The molecule has 5 heteroatoms. The van der Waals surface area contributed by atoms with Crippen molar-refractivity contribution in [3.05, 3.63) is 95.8 Å². The van der Waals surface area contributed by atoms with Gasteiger partial charge in [-0.1, -0.05) is 30.3 Å². The summed E-state index contributed by atoms with van der Waals surface area (Å²) in [6.07, 6.45) is 0. The Labute approximate surface area is 157 Å². The maximum Gasteiger partial charge on any atom is 0.258 e. The number of rotatable bonds is 5. The maximum atomic E-state index is 13.7. The van der Waals surface area contributed by atoms with Crippen LogP contribution in [-0.2, 0) is 0 Å². The molecule has 0 heterocycles. The Bertz CT molecular complexity index is 940. The van der Waals surface area contributed by atoms with Crippen molar-refractivity contribution in [2.75, 3.05) is 16.8 Å². The zero-order chi connectivity index (χ0) is 19.2. The highest BCUT2D eigenvalue weighted by Crippen LogP contribution is 2.18. The number of anilines is 2. The number of nitrogens with zero attached hydrogens (tertiary/aromatic N) is 1. The van der Waals surface area contributed by atoms with Crippen molar-refractivity contribution < 1.29 is 14.0 Å². The molecular formula is C22H19FN2O2. The molecule has 1 N–H and O–H groups in total. The quantitative estimate of drug-likeness (QED) is 0.712. The Balaban J connectivity index is 1.75. The third kappa shape index (κ3) is 4.20. The molecule has 27 heavy (non-hydrogen) atoms. The van der Waals surface area contributed by atoms with Crippen LogP contribution in [0.5, 0.6) is 0 Å². The van der Waals surface area contributed by atoms with Gasteiger partial charge in [0.1, 0.15) is 5.82 Å². The standard InChI is InChI=1S/C22H19FN2O2/c1-2-25(18-8-4-3-5-9-18)22(27)17-14-12-16(13-15-17)21(26)24-20-11-7-6-10-19(20)23/h3-15H,2H2,1H3,(H,24,26). The molecule has 2 amide bonds. The van der Waals surface area contributed by atoms with Crippen molar-refractivity contribution in [2.24, 2.45) is 0 Å². The lowest BCUT2D eigenvalue weighted by Crippen LogP contribution is -2.30. The van der Waals surface area contributed by atoms with E-state index in [1.54, 1.807) is 41.3 Å². The number of para-hydroxylation sites is 2. The van der Waals surface area contributed by atoms with Crippen molar-refractivity contribution in [1.82, 2.24) is 0 Å². The molecule has 4 nitrogen and oxygen atoms in total. The van der Waals surface area contributed by atoms with Crippen LogP contribution in [0.3, 0.4) is 0 Å². The highest BCUT2D eigenvalue weighted by molar-refractivity contribution is 6.08. The Morgan fingerprint density at radius 3 is 2.07 bits per heavy atom. The number of carbonyl (C=O) groups is 2. The molecule has 0 fully saturated rings. The van der Waals surface area contributed by atoms with Gasteiger partial charge in [0.05, 0.1) is 5.69 Å². The van der Waals surface area contributed by atoms with Crippen molar-refractivity contribution in [3.8, 4) is 0 Å². The molecule has 0 aliphatic heterocycles. The number of benzene rings is 3. The van der Waals surface area contributed by atoms with Crippen LogP contribution in [0.4, 0.5) is 15.8 Å². The summed E-state index contributed by atoms with van der Waals surface area (Å²) in [6, 6.07) is 21.7. The van der Waals surface area contributed by atoms with Crippen molar-refractivity contribution in [1.29, 1.82) is 0 Å². The second-order valence-electron chi connectivity index (χ2n) is 5.90. The first-order chi connectivity index (χ1) is 13.1. The van der Waals surface area contributed by atoms with Crippen LogP contribution in [0, 0.1) is 5.82 Å². The fourth-order valence-electron chi connectivity index (χ4n) is 2.73. The van der Waals surface area contributed by atoms with Gasteiger partial charge in [0.15, 0.2) is 0 Å². The van der Waals surface area contributed by atoms with E-state index in [9.17, 15) is 14.0 Å². The van der Waals surface area contributed by atoms with Crippen LogP contribution in [0.2, 0.25) is 0 Å². The van der Waals surface area contributed by atoms with E-state index in [0.29, 0.717) is 17.7 Å². The molecule has 0 aromatic heterocycles. The van der Waals surface area contributed by atoms with Crippen LogP contribution in [0.15, 0.2) is 78.9 Å². The Morgan fingerprint density at radius 1 is 0.852 bits per heavy atom. The minimum atomic E-state index is -0.501. The molecule has 0 unspecified atom stereocenters. The lowest BCUT2D eigenvalue weighted by atomic mass is 10.1. The number of halogens is 1.